The molecule has 0 saturated heterocycles. The fraction of sp³-hybridized carbons (Fsp3) is 0.489. The number of anilines is 2. The number of hydrogen-bond donors (Lipinski definition) is 2. The van der Waals surface area contributed by atoms with Crippen LogP contribution in [-0.4, -0.2) is 11.8 Å². The predicted molar refractivity (Wildman–Crippen MR) is 231 cm³/mol. The molecule has 0 radical (unpaired) electrons. The van der Waals surface area contributed by atoms with Crippen LogP contribution >= 0.6 is 22.7 Å². The first kappa shape index (κ1) is 40.7. The Morgan fingerprint density at radius 1 is 0.528 bits per heavy atom. The van der Waals surface area contributed by atoms with Gasteiger partial charge in [-0.05, 0) is 129 Å². The van der Waals surface area contributed by atoms with Crippen LogP contribution in [0.25, 0.3) is 11.1 Å². The molecule has 2 heterocycles. The number of hydrogen-bond acceptors (Lipinski definition) is 4. The van der Waals surface area contributed by atoms with Gasteiger partial charge in [-0.25, -0.2) is 0 Å². The summed E-state index contributed by atoms with van der Waals surface area (Å²) in [5.74, 6) is -0.110. The number of amides is 2. The summed E-state index contributed by atoms with van der Waals surface area (Å²) >= 11 is 3.13. The number of rotatable bonds is 22. The van der Waals surface area contributed by atoms with Gasteiger partial charge in [-0.3, -0.25) is 9.59 Å². The van der Waals surface area contributed by atoms with Crippen molar-refractivity contribution in [3.05, 3.63) is 102 Å². The molecule has 2 aromatic heterocycles. The smallest absolute Gasteiger partial charge is 0.265 e. The molecular formula is C47H62N2O2S2. The summed E-state index contributed by atoms with van der Waals surface area (Å²) in [6, 6.07) is 20.9. The van der Waals surface area contributed by atoms with Gasteiger partial charge in [0.25, 0.3) is 11.8 Å². The number of nitrogens with one attached hydrogen (secondary N) is 2. The molecule has 284 valence electrons. The van der Waals surface area contributed by atoms with Gasteiger partial charge in [0.15, 0.2) is 0 Å². The minimum Gasteiger partial charge on any atom is -0.321 e. The highest BCUT2D eigenvalue weighted by molar-refractivity contribution is 7.14. The van der Waals surface area contributed by atoms with Crippen molar-refractivity contribution in [1.82, 2.24) is 0 Å². The zero-order chi connectivity index (χ0) is 37.4. The fourth-order valence-corrected chi connectivity index (χ4v) is 9.48. The van der Waals surface area contributed by atoms with Crippen molar-refractivity contribution >= 4 is 57.0 Å². The van der Waals surface area contributed by atoms with Gasteiger partial charge in [0.2, 0.25) is 0 Å². The average molecular weight is 751 g/mol. The normalized spacial score (nSPS) is 12.8. The number of unbranched alkanes of at least 4 members (excludes halogenated alkanes) is 12. The van der Waals surface area contributed by atoms with Crippen LogP contribution in [0.15, 0.2) is 60.7 Å². The molecule has 0 saturated carbocycles. The first-order chi connectivity index (χ1) is 25.9. The highest BCUT2D eigenvalue weighted by Crippen LogP contribution is 2.45. The Hall–Kier alpha value is -3.48. The molecule has 0 aliphatic heterocycles. The van der Waals surface area contributed by atoms with Gasteiger partial charge in [-0.2, -0.15) is 0 Å². The van der Waals surface area contributed by atoms with Crippen molar-refractivity contribution in [2.45, 2.75) is 150 Å². The van der Waals surface area contributed by atoms with Crippen molar-refractivity contribution < 1.29 is 9.59 Å². The minimum absolute atomic E-state index is 0.0548. The Morgan fingerprint density at radius 3 is 1.26 bits per heavy atom. The van der Waals surface area contributed by atoms with E-state index in [1.165, 1.54) is 123 Å². The SMILES string of the molecule is CCCCCCCCCc1ccc(NC(=O)c2cc(C3=C(c4cc(C(=O)Nc5ccc(CCCCCCCCC)cc5)sc4C)CCC3)c(C)s2)cc1. The molecule has 1 aliphatic carbocycles. The third kappa shape index (κ3) is 12.3. The first-order valence-corrected chi connectivity index (χ1v) is 22.2. The number of carbonyl (C=O) groups excluding carboxylic acids is 2. The van der Waals surface area contributed by atoms with Crippen LogP contribution in [0.3, 0.4) is 0 Å². The Kier molecular flexibility index (Phi) is 16.4. The third-order valence-electron chi connectivity index (χ3n) is 10.7. The Balaban J connectivity index is 1.15. The lowest BCUT2D eigenvalue weighted by atomic mass is 9.97. The van der Waals surface area contributed by atoms with Crippen molar-refractivity contribution in [2.75, 3.05) is 10.6 Å². The quantitative estimate of drug-likeness (QED) is 0.0786. The van der Waals surface area contributed by atoms with E-state index in [4.69, 9.17) is 0 Å². The highest BCUT2D eigenvalue weighted by Gasteiger charge is 2.25. The molecule has 2 aromatic carbocycles. The van der Waals surface area contributed by atoms with Crippen LogP contribution in [0.2, 0.25) is 0 Å². The van der Waals surface area contributed by atoms with Crippen LogP contribution in [-0.2, 0) is 12.8 Å². The summed E-state index contributed by atoms with van der Waals surface area (Å²) in [5.41, 5.74) is 9.32. The maximum Gasteiger partial charge on any atom is 0.265 e. The molecule has 2 N–H and O–H groups in total. The van der Waals surface area contributed by atoms with E-state index in [-0.39, 0.29) is 11.8 Å². The maximum absolute atomic E-state index is 13.4. The largest absolute Gasteiger partial charge is 0.321 e. The van der Waals surface area contributed by atoms with Gasteiger partial charge >= 0.3 is 0 Å². The first-order valence-electron chi connectivity index (χ1n) is 20.6. The lowest BCUT2D eigenvalue weighted by molar-refractivity contribution is 0.102. The van der Waals surface area contributed by atoms with E-state index in [0.717, 1.165) is 63.0 Å². The molecule has 0 fully saturated rings. The van der Waals surface area contributed by atoms with Crippen molar-refractivity contribution in [1.29, 1.82) is 0 Å². The van der Waals surface area contributed by atoms with E-state index >= 15 is 0 Å². The zero-order valence-electron chi connectivity index (χ0n) is 32.8. The van der Waals surface area contributed by atoms with Gasteiger partial charge in [0.1, 0.15) is 0 Å². The summed E-state index contributed by atoms with van der Waals surface area (Å²) in [6.07, 6.45) is 23.6. The van der Waals surface area contributed by atoms with Gasteiger partial charge in [0.05, 0.1) is 9.75 Å². The molecule has 4 aromatic rings. The van der Waals surface area contributed by atoms with E-state index in [9.17, 15) is 9.59 Å². The second-order valence-corrected chi connectivity index (χ2v) is 17.5. The third-order valence-corrected chi connectivity index (χ3v) is 12.8. The van der Waals surface area contributed by atoms with Crippen LogP contribution in [0.5, 0.6) is 0 Å². The van der Waals surface area contributed by atoms with Gasteiger partial charge < -0.3 is 10.6 Å². The Morgan fingerprint density at radius 2 is 0.887 bits per heavy atom. The average Bonchev–Trinajstić information content (AvgIpc) is 3.90. The fourth-order valence-electron chi connectivity index (χ4n) is 7.59. The van der Waals surface area contributed by atoms with Gasteiger partial charge in [-0.1, -0.05) is 115 Å². The number of benzene rings is 2. The standard InChI is InChI=1S/C47H62N2O2S2/c1-5-7-9-11-13-15-17-20-36-24-28-38(29-25-36)48-46(50)44-32-42(34(3)52-44)40-22-19-23-41(40)43-33-45(53-35(43)4)47(51)49-39-30-26-37(27-31-39)21-18-16-14-12-10-8-6-2/h24-33H,5-23H2,1-4H3,(H,48,50)(H,49,51). The second kappa shape index (κ2) is 21.4. The molecule has 0 spiro atoms. The lowest BCUT2D eigenvalue weighted by Gasteiger charge is -2.08. The number of allylic oxidation sites excluding steroid dienone is 2. The topological polar surface area (TPSA) is 58.2 Å². The molecule has 5 rings (SSSR count). The molecule has 6 heteroatoms. The van der Waals surface area contributed by atoms with E-state index in [1.807, 2.05) is 24.3 Å². The monoisotopic (exact) mass is 750 g/mol. The molecule has 0 unspecified atom stereocenters. The van der Waals surface area contributed by atoms with Crippen molar-refractivity contribution in [3.63, 3.8) is 0 Å². The zero-order valence-corrected chi connectivity index (χ0v) is 34.5. The van der Waals surface area contributed by atoms with E-state index in [1.54, 1.807) is 22.7 Å². The Bertz CT molecular complexity index is 1650. The number of carbonyl (C=O) groups is 2. The lowest BCUT2D eigenvalue weighted by Crippen LogP contribution is -2.10. The summed E-state index contributed by atoms with van der Waals surface area (Å²) in [4.78, 5) is 30.6. The summed E-state index contributed by atoms with van der Waals surface area (Å²) in [6.45, 7) is 8.77. The van der Waals surface area contributed by atoms with Gasteiger partial charge in [-0.15, -0.1) is 22.7 Å². The molecule has 4 nitrogen and oxygen atoms in total. The summed E-state index contributed by atoms with van der Waals surface area (Å²) in [5, 5.41) is 6.27. The molecule has 1 aliphatic rings. The molecule has 0 atom stereocenters. The number of aryl methyl sites for hydroxylation is 4. The van der Waals surface area contributed by atoms with E-state index in [0.29, 0.717) is 0 Å². The van der Waals surface area contributed by atoms with Crippen molar-refractivity contribution in [2.24, 2.45) is 0 Å². The molecule has 53 heavy (non-hydrogen) atoms. The van der Waals surface area contributed by atoms with Crippen LogP contribution in [0.1, 0.15) is 174 Å². The predicted octanol–water partition coefficient (Wildman–Crippen LogP) is 14.6. The van der Waals surface area contributed by atoms with Crippen LogP contribution in [0, 0.1) is 13.8 Å². The van der Waals surface area contributed by atoms with E-state index < -0.39 is 0 Å². The minimum atomic E-state index is -0.0548. The summed E-state index contributed by atoms with van der Waals surface area (Å²) in [7, 11) is 0. The summed E-state index contributed by atoms with van der Waals surface area (Å²) < 4.78 is 0. The maximum atomic E-state index is 13.4. The number of thiophene rings is 2. The Labute approximate surface area is 327 Å². The van der Waals surface area contributed by atoms with Gasteiger partial charge in [0, 0.05) is 21.1 Å². The molecule has 0 bridgehead atoms. The van der Waals surface area contributed by atoms with Crippen LogP contribution < -0.4 is 10.6 Å². The van der Waals surface area contributed by atoms with Crippen molar-refractivity contribution in [3.8, 4) is 0 Å². The molecule has 2 amide bonds. The van der Waals surface area contributed by atoms with E-state index in [2.05, 4.69) is 74.7 Å². The molecular weight excluding hydrogens is 689 g/mol. The second-order valence-electron chi connectivity index (χ2n) is 15.0. The highest BCUT2D eigenvalue weighted by atomic mass is 32.1. The van der Waals surface area contributed by atoms with Crippen LogP contribution in [0.4, 0.5) is 11.4 Å².